The fraction of sp³-hybridized carbons (Fsp3) is 0.444. The van der Waals surface area contributed by atoms with Gasteiger partial charge in [0.05, 0.1) is 18.1 Å². The maximum absolute atomic E-state index is 13.3. The molecule has 1 aliphatic heterocycles. The van der Waals surface area contributed by atoms with Crippen LogP contribution in [0.3, 0.4) is 0 Å². The molecule has 0 N–H and O–H groups in total. The number of hydrogen-bond donors (Lipinski definition) is 0. The first-order chi connectivity index (χ1) is 12.0. The molecule has 4 rings (SSSR count). The predicted molar refractivity (Wildman–Crippen MR) is 89.5 cm³/mol. The van der Waals surface area contributed by atoms with Gasteiger partial charge in [0.1, 0.15) is 5.71 Å². The van der Waals surface area contributed by atoms with Crippen molar-refractivity contribution < 1.29 is 13.2 Å². The molecule has 132 valence electrons. The maximum Gasteiger partial charge on any atom is 0.431 e. The van der Waals surface area contributed by atoms with Gasteiger partial charge in [0.25, 0.3) is 0 Å². The molecule has 0 saturated heterocycles. The Morgan fingerprint density at radius 2 is 1.84 bits per heavy atom. The lowest BCUT2D eigenvalue weighted by atomic mass is 9.82. The number of hydrogen-bond acceptors (Lipinski definition) is 3. The highest BCUT2D eigenvalue weighted by Crippen LogP contribution is 2.41. The minimum absolute atomic E-state index is 0.176. The lowest BCUT2D eigenvalue weighted by molar-refractivity contribution is -0.0628. The second-order valence-electron chi connectivity index (χ2n) is 6.69. The molecule has 1 saturated carbocycles. The van der Waals surface area contributed by atoms with E-state index in [4.69, 9.17) is 0 Å². The van der Waals surface area contributed by atoms with Gasteiger partial charge in [0.15, 0.2) is 0 Å². The van der Waals surface area contributed by atoms with Gasteiger partial charge in [-0.3, -0.25) is 5.01 Å². The minimum Gasteiger partial charge on any atom is -0.333 e. The van der Waals surface area contributed by atoms with Gasteiger partial charge >= 0.3 is 6.18 Å². The molecule has 2 heterocycles. The highest BCUT2D eigenvalue weighted by molar-refractivity contribution is 5.95. The smallest absolute Gasteiger partial charge is 0.333 e. The van der Waals surface area contributed by atoms with Crippen LogP contribution in [0.4, 0.5) is 18.9 Å². The zero-order valence-electron chi connectivity index (χ0n) is 13.7. The van der Waals surface area contributed by atoms with Crippen molar-refractivity contribution in [1.29, 1.82) is 0 Å². The van der Waals surface area contributed by atoms with Gasteiger partial charge in [-0.2, -0.15) is 18.3 Å². The number of anilines is 1. The van der Waals surface area contributed by atoms with Crippen molar-refractivity contribution in [2.24, 2.45) is 11.0 Å². The first kappa shape index (κ1) is 16.2. The quantitative estimate of drug-likeness (QED) is 0.832. The van der Waals surface area contributed by atoms with Crippen molar-refractivity contribution in [3.8, 4) is 0 Å². The highest BCUT2D eigenvalue weighted by Gasteiger charge is 2.50. The second kappa shape index (κ2) is 6.20. The van der Waals surface area contributed by atoms with Crippen LogP contribution in [-0.2, 0) is 6.54 Å². The Labute approximate surface area is 144 Å². The van der Waals surface area contributed by atoms with Gasteiger partial charge in [0, 0.05) is 24.9 Å². The SMILES string of the molecule is FC(F)(F)C1=NN(c2ccc(Cn3ccnc3)cc2)C2CCCCC12. The number of halogens is 3. The van der Waals surface area contributed by atoms with E-state index in [1.54, 1.807) is 17.5 Å². The number of fused-ring (bicyclic) bond motifs is 1. The number of rotatable bonds is 3. The number of hydrazone groups is 1. The Kier molecular flexibility index (Phi) is 4.01. The molecule has 1 aromatic heterocycles. The number of imidazole rings is 1. The first-order valence-corrected chi connectivity index (χ1v) is 8.52. The van der Waals surface area contributed by atoms with Gasteiger partial charge in [-0.25, -0.2) is 4.98 Å². The summed E-state index contributed by atoms with van der Waals surface area (Å²) < 4.78 is 41.9. The maximum atomic E-state index is 13.3. The summed E-state index contributed by atoms with van der Waals surface area (Å²) in [6, 6.07) is 7.43. The molecule has 7 heteroatoms. The summed E-state index contributed by atoms with van der Waals surface area (Å²) in [6.45, 7) is 0.684. The van der Waals surface area contributed by atoms with E-state index in [2.05, 4.69) is 10.1 Å². The molecule has 2 aliphatic rings. The van der Waals surface area contributed by atoms with Gasteiger partial charge in [-0.15, -0.1) is 0 Å². The number of alkyl halides is 3. The largest absolute Gasteiger partial charge is 0.431 e. The molecule has 0 radical (unpaired) electrons. The highest BCUT2D eigenvalue weighted by atomic mass is 19.4. The zero-order chi connectivity index (χ0) is 17.4. The standard InChI is InChI=1S/C18H19F3N4/c19-18(20,21)17-15-3-1-2-4-16(15)25(23-17)14-7-5-13(6-8-14)11-24-10-9-22-12-24/h5-10,12,15-16H,1-4,11H2. The monoisotopic (exact) mass is 348 g/mol. The Bertz CT molecular complexity index is 750. The van der Waals surface area contributed by atoms with E-state index in [9.17, 15) is 13.2 Å². The predicted octanol–water partition coefficient (Wildman–Crippen LogP) is 4.23. The minimum atomic E-state index is -4.35. The molecule has 1 aliphatic carbocycles. The Balaban J connectivity index is 1.58. The van der Waals surface area contributed by atoms with Crippen molar-refractivity contribution in [1.82, 2.24) is 9.55 Å². The molecule has 0 bridgehead atoms. The summed E-state index contributed by atoms with van der Waals surface area (Å²) >= 11 is 0. The van der Waals surface area contributed by atoms with Gasteiger partial charge < -0.3 is 4.57 Å². The van der Waals surface area contributed by atoms with Crippen LogP contribution >= 0.6 is 0 Å². The molecule has 0 amide bonds. The second-order valence-corrected chi connectivity index (χ2v) is 6.69. The van der Waals surface area contributed by atoms with Crippen molar-refractivity contribution >= 4 is 11.4 Å². The van der Waals surface area contributed by atoms with Gasteiger partial charge in [-0.1, -0.05) is 25.0 Å². The van der Waals surface area contributed by atoms with E-state index >= 15 is 0 Å². The number of aromatic nitrogens is 2. The van der Waals surface area contributed by atoms with Crippen LogP contribution in [-0.4, -0.2) is 27.5 Å². The van der Waals surface area contributed by atoms with E-state index in [1.165, 1.54) is 0 Å². The van der Waals surface area contributed by atoms with Crippen molar-refractivity contribution in [2.75, 3.05) is 5.01 Å². The van der Waals surface area contributed by atoms with Crippen molar-refractivity contribution in [3.05, 3.63) is 48.5 Å². The Morgan fingerprint density at radius 1 is 1.08 bits per heavy atom. The van der Waals surface area contributed by atoms with Crippen LogP contribution in [0.15, 0.2) is 48.1 Å². The van der Waals surface area contributed by atoms with E-state index < -0.39 is 17.8 Å². The lowest BCUT2D eigenvalue weighted by Gasteiger charge is -2.31. The van der Waals surface area contributed by atoms with Crippen LogP contribution < -0.4 is 5.01 Å². The van der Waals surface area contributed by atoms with Crippen molar-refractivity contribution in [3.63, 3.8) is 0 Å². The third kappa shape index (κ3) is 3.15. The fourth-order valence-electron chi connectivity index (χ4n) is 3.85. The third-order valence-electron chi connectivity index (χ3n) is 5.03. The average molecular weight is 348 g/mol. The van der Waals surface area contributed by atoms with Crippen LogP contribution in [0.5, 0.6) is 0 Å². The molecule has 2 unspecified atom stereocenters. The molecule has 0 spiro atoms. The third-order valence-corrected chi connectivity index (χ3v) is 5.03. The number of benzene rings is 1. The summed E-state index contributed by atoms with van der Waals surface area (Å²) in [7, 11) is 0. The summed E-state index contributed by atoms with van der Waals surface area (Å²) in [5, 5.41) is 5.58. The summed E-state index contributed by atoms with van der Waals surface area (Å²) in [5.41, 5.74) is 1.19. The number of nitrogens with zero attached hydrogens (tertiary/aromatic N) is 4. The average Bonchev–Trinajstić information content (AvgIpc) is 3.22. The van der Waals surface area contributed by atoms with E-state index in [1.807, 2.05) is 35.0 Å². The van der Waals surface area contributed by atoms with Crippen LogP contribution in [0, 0.1) is 5.92 Å². The van der Waals surface area contributed by atoms with E-state index in [0.29, 0.717) is 13.0 Å². The zero-order valence-corrected chi connectivity index (χ0v) is 13.7. The van der Waals surface area contributed by atoms with Crippen molar-refractivity contribution in [2.45, 2.75) is 44.4 Å². The molecule has 2 atom stereocenters. The van der Waals surface area contributed by atoms with Crippen LogP contribution in [0.1, 0.15) is 31.2 Å². The van der Waals surface area contributed by atoms with E-state index in [0.717, 1.165) is 30.5 Å². The Morgan fingerprint density at radius 3 is 2.52 bits per heavy atom. The van der Waals surface area contributed by atoms with Crippen LogP contribution in [0.25, 0.3) is 0 Å². The lowest BCUT2D eigenvalue weighted by Crippen LogP contribution is -2.39. The normalized spacial score (nSPS) is 23.5. The Hall–Kier alpha value is -2.31. The molecular formula is C18H19F3N4. The molecule has 4 nitrogen and oxygen atoms in total. The van der Waals surface area contributed by atoms with E-state index in [-0.39, 0.29) is 6.04 Å². The summed E-state index contributed by atoms with van der Waals surface area (Å²) in [6.07, 6.45) is 4.10. The van der Waals surface area contributed by atoms with Gasteiger partial charge in [0.2, 0.25) is 0 Å². The first-order valence-electron chi connectivity index (χ1n) is 8.52. The molecule has 2 aromatic rings. The molecule has 1 aromatic carbocycles. The van der Waals surface area contributed by atoms with Gasteiger partial charge in [-0.05, 0) is 30.5 Å². The summed E-state index contributed by atoms with van der Waals surface area (Å²) in [4.78, 5) is 4.01. The molecule has 25 heavy (non-hydrogen) atoms. The fourth-order valence-corrected chi connectivity index (χ4v) is 3.85. The topological polar surface area (TPSA) is 33.4 Å². The summed E-state index contributed by atoms with van der Waals surface area (Å²) in [5.74, 6) is -0.501. The van der Waals surface area contributed by atoms with Crippen LogP contribution in [0.2, 0.25) is 0 Å². The molecule has 1 fully saturated rings. The molecular weight excluding hydrogens is 329 g/mol.